The summed E-state index contributed by atoms with van der Waals surface area (Å²) >= 11 is 2.05. The monoisotopic (exact) mass is 752 g/mol. The Morgan fingerprint density at radius 3 is 2.62 bits per heavy atom. The molecule has 3 bridgehead atoms. The van der Waals surface area contributed by atoms with Crippen molar-refractivity contribution in [3.05, 3.63) is 92.6 Å². The Hall–Kier alpha value is -3.03. The average Bonchev–Trinajstić information content (AvgIpc) is 3.33. The zero-order chi connectivity index (χ0) is 33.5. The molecule has 2 heterocycles. The van der Waals surface area contributed by atoms with Gasteiger partial charge in [-0.1, -0.05) is 56.0 Å². The van der Waals surface area contributed by atoms with Gasteiger partial charge in [0.25, 0.3) is 5.97 Å². The molecule has 0 aromatic heterocycles. The van der Waals surface area contributed by atoms with Crippen molar-refractivity contribution in [2.24, 2.45) is 17.8 Å². The van der Waals surface area contributed by atoms with Crippen LogP contribution in [0.4, 0.5) is 0 Å². The van der Waals surface area contributed by atoms with Crippen molar-refractivity contribution in [2.45, 2.75) is 75.3 Å². The van der Waals surface area contributed by atoms with Crippen molar-refractivity contribution < 1.29 is 43.5 Å². The highest BCUT2D eigenvalue weighted by Crippen LogP contribution is 2.68. The molecule has 7 rings (SSSR count). The summed E-state index contributed by atoms with van der Waals surface area (Å²) in [6.45, 7) is 9.99. The molecule has 2 saturated heterocycles. The number of hydrogen-bond acceptors (Lipinski definition) is 9. The molecule has 47 heavy (non-hydrogen) atoms. The second kappa shape index (κ2) is 11.3. The van der Waals surface area contributed by atoms with Crippen LogP contribution in [0.5, 0.6) is 11.5 Å². The third-order valence-electron chi connectivity index (χ3n) is 10.8. The minimum atomic E-state index is -1.81. The zero-order valence-electron chi connectivity index (χ0n) is 26.9. The SMILES string of the molecule is C=C(C)[C@]12C[C@@H](C)[C@@]34OC(Cc5ccccc5)(O[C@@H]1[C@@H]3C=C(COC(=O)Cc1cc(OC)c(O)cc1[125I])C[C@]1(O)C(=O)C(C)=C[C@@H]41)O2. The van der Waals surface area contributed by atoms with Crippen LogP contribution in [0.2, 0.25) is 0 Å². The molecule has 8 atom stereocenters. The van der Waals surface area contributed by atoms with Gasteiger partial charge in [-0.3, -0.25) is 9.59 Å². The number of methoxy groups -OCH3 is 1. The fourth-order valence-corrected chi connectivity index (χ4v) is 9.39. The summed E-state index contributed by atoms with van der Waals surface area (Å²) in [6.07, 6.45) is 4.13. The van der Waals surface area contributed by atoms with Gasteiger partial charge in [-0.05, 0) is 88.8 Å². The Bertz CT molecular complexity index is 1730. The number of benzene rings is 2. The molecule has 2 aliphatic heterocycles. The number of phenols is 1. The molecule has 5 aliphatic rings. The van der Waals surface area contributed by atoms with Crippen LogP contribution in [0.15, 0.2) is 77.9 Å². The lowest BCUT2D eigenvalue weighted by Crippen LogP contribution is -2.70. The van der Waals surface area contributed by atoms with E-state index in [4.69, 9.17) is 23.7 Å². The molecule has 248 valence electrons. The summed E-state index contributed by atoms with van der Waals surface area (Å²) in [7, 11) is 1.44. The van der Waals surface area contributed by atoms with Gasteiger partial charge < -0.3 is 33.9 Å². The van der Waals surface area contributed by atoms with Crippen LogP contribution in [0.1, 0.15) is 44.7 Å². The summed E-state index contributed by atoms with van der Waals surface area (Å²) in [5.41, 5.74) is -0.221. The number of esters is 1. The molecular formula is C37H39IO9. The van der Waals surface area contributed by atoms with Crippen molar-refractivity contribution in [1.82, 2.24) is 0 Å². The molecule has 0 spiro atoms. The van der Waals surface area contributed by atoms with E-state index in [-0.39, 0.29) is 42.6 Å². The number of halogens is 1. The van der Waals surface area contributed by atoms with Crippen molar-refractivity contribution in [3.8, 4) is 11.5 Å². The molecule has 1 unspecified atom stereocenters. The molecule has 3 fully saturated rings. The first kappa shape index (κ1) is 32.5. The highest BCUT2D eigenvalue weighted by Gasteiger charge is 2.79. The standard InChI is InChI=1S/C37H39IO9/c1-20(2)35-16-22(4)37-26(33(35)45-36(46-35,47-37)18-23-9-7-6-8-10-23)12-24(17-34(42)30(37)11-21(3)32(34)41)19-44-31(40)14-25-13-29(43-5)28(39)15-27(25)38/h6-13,15,22,26,30,33,39,42H,1,14,16-19H2,2-5H3/t22-,26+,30-,33-,34-,35-,36?,37-/m1/s1/i38-2. The van der Waals surface area contributed by atoms with Crippen LogP contribution in [0, 0.1) is 21.3 Å². The van der Waals surface area contributed by atoms with Crippen LogP contribution in [0.3, 0.4) is 0 Å². The second-order valence-electron chi connectivity index (χ2n) is 13.8. The first-order valence-electron chi connectivity index (χ1n) is 15.9. The summed E-state index contributed by atoms with van der Waals surface area (Å²) in [4.78, 5) is 27.0. The number of ketones is 1. The summed E-state index contributed by atoms with van der Waals surface area (Å²) in [5, 5.41) is 22.5. The molecule has 2 aromatic rings. The van der Waals surface area contributed by atoms with Gasteiger partial charge in [0.1, 0.15) is 23.9 Å². The summed E-state index contributed by atoms with van der Waals surface area (Å²) in [6, 6.07) is 13.0. The molecule has 3 aliphatic carbocycles. The van der Waals surface area contributed by atoms with Gasteiger partial charge >= 0.3 is 5.97 Å². The van der Waals surface area contributed by atoms with E-state index < -0.39 is 46.7 Å². The molecule has 0 radical (unpaired) electrons. The number of ether oxygens (including phenoxy) is 5. The Balaban J connectivity index is 1.27. The lowest BCUT2D eigenvalue weighted by Gasteiger charge is -2.59. The van der Waals surface area contributed by atoms with E-state index in [0.29, 0.717) is 33.1 Å². The number of aromatic hydroxyl groups is 1. The predicted molar refractivity (Wildman–Crippen MR) is 179 cm³/mol. The van der Waals surface area contributed by atoms with E-state index in [1.165, 1.54) is 13.2 Å². The van der Waals surface area contributed by atoms with Gasteiger partial charge in [0.2, 0.25) is 0 Å². The highest BCUT2D eigenvalue weighted by molar-refractivity contribution is 14.1. The largest absolute Gasteiger partial charge is 0.504 e. The number of fused-ring (bicyclic) bond motifs is 2. The molecule has 9 nitrogen and oxygen atoms in total. The van der Waals surface area contributed by atoms with Crippen LogP contribution in [0.25, 0.3) is 0 Å². The summed E-state index contributed by atoms with van der Waals surface area (Å²) < 4.78 is 32.6. The average molecular weight is 753 g/mol. The Morgan fingerprint density at radius 2 is 1.91 bits per heavy atom. The van der Waals surface area contributed by atoms with Gasteiger partial charge in [0, 0.05) is 21.8 Å². The quantitative estimate of drug-likeness (QED) is 0.209. The topological polar surface area (TPSA) is 121 Å². The third-order valence-corrected chi connectivity index (χ3v) is 11.8. The number of aliphatic hydroxyl groups is 1. The number of rotatable bonds is 8. The predicted octanol–water partition coefficient (Wildman–Crippen LogP) is 5.35. The summed E-state index contributed by atoms with van der Waals surface area (Å²) in [5.74, 6) is -3.37. The maximum Gasteiger partial charge on any atom is 0.310 e. The number of hydrogen-bond donors (Lipinski definition) is 2. The van der Waals surface area contributed by atoms with Gasteiger partial charge in [0.15, 0.2) is 17.3 Å². The first-order chi connectivity index (χ1) is 22.3. The minimum Gasteiger partial charge on any atom is -0.504 e. The van der Waals surface area contributed by atoms with Crippen molar-refractivity contribution in [2.75, 3.05) is 13.7 Å². The highest BCUT2D eigenvalue weighted by atomic mass is 125. The number of Topliss-reactive ketones (excluding diaryl/α,β-unsaturated/α-hetero) is 1. The van der Waals surface area contributed by atoms with Crippen LogP contribution < -0.4 is 4.74 Å². The first-order valence-corrected chi connectivity index (χ1v) is 17.0. The molecule has 2 N–H and O–H groups in total. The fourth-order valence-electron chi connectivity index (χ4n) is 8.75. The lowest BCUT2D eigenvalue weighted by molar-refractivity contribution is -0.421. The maximum absolute atomic E-state index is 13.8. The van der Waals surface area contributed by atoms with Gasteiger partial charge in [0.05, 0.1) is 25.6 Å². The van der Waals surface area contributed by atoms with Gasteiger partial charge in [-0.25, -0.2) is 0 Å². The smallest absolute Gasteiger partial charge is 0.310 e. The van der Waals surface area contributed by atoms with Crippen molar-refractivity contribution in [1.29, 1.82) is 0 Å². The molecule has 1 saturated carbocycles. The molecule has 0 amide bonds. The van der Waals surface area contributed by atoms with E-state index in [1.807, 2.05) is 49.4 Å². The van der Waals surface area contributed by atoms with E-state index in [0.717, 1.165) is 11.1 Å². The molecule has 10 heteroatoms. The van der Waals surface area contributed by atoms with Crippen LogP contribution >= 0.6 is 22.6 Å². The van der Waals surface area contributed by atoms with Crippen LogP contribution in [-0.4, -0.2) is 64.6 Å². The maximum atomic E-state index is 13.8. The van der Waals surface area contributed by atoms with E-state index in [2.05, 4.69) is 36.1 Å². The van der Waals surface area contributed by atoms with Gasteiger partial charge in [-0.2, -0.15) is 0 Å². The normalized spacial score (nSPS) is 36.6. The van der Waals surface area contributed by atoms with E-state index >= 15 is 0 Å². The van der Waals surface area contributed by atoms with E-state index in [9.17, 15) is 19.8 Å². The van der Waals surface area contributed by atoms with Crippen molar-refractivity contribution >= 4 is 34.3 Å². The molecule has 2 aromatic carbocycles. The lowest BCUT2D eigenvalue weighted by atomic mass is 9.55. The Labute approximate surface area is 287 Å². The van der Waals surface area contributed by atoms with Crippen molar-refractivity contribution in [3.63, 3.8) is 0 Å². The Kier molecular flexibility index (Phi) is 7.79. The Morgan fingerprint density at radius 1 is 1.17 bits per heavy atom. The van der Waals surface area contributed by atoms with Crippen LogP contribution in [-0.2, 0) is 41.4 Å². The number of phenolic OH excluding ortho intramolecular Hbond substituents is 1. The van der Waals surface area contributed by atoms with Gasteiger partial charge in [-0.15, -0.1) is 0 Å². The third kappa shape index (κ3) is 4.85. The van der Waals surface area contributed by atoms with E-state index in [1.54, 1.807) is 13.0 Å². The second-order valence-corrected chi connectivity index (χ2v) is 14.9. The number of carbonyl (C=O) groups is 2. The number of carbonyl (C=O) groups excluding carboxylic acids is 2. The minimum absolute atomic E-state index is 0.0175. The fraction of sp³-hybridized carbons (Fsp3) is 0.459. The zero-order valence-corrected chi connectivity index (χ0v) is 29.0. The molecular weight excluding hydrogens is 713 g/mol.